The van der Waals surface area contributed by atoms with Gasteiger partial charge in [-0.25, -0.2) is 9.97 Å². The number of nitrogens with zero attached hydrogens (tertiary/aromatic N) is 4. The lowest BCUT2D eigenvalue weighted by Gasteiger charge is -2.32. The Balaban J connectivity index is 1.62. The van der Waals surface area contributed by atoms with E-state index in [-0.39, 0.29) is 17.6 Å². The quantitative estimate of drug-likeness (QED) is 0.468. The highest BCUT2D eigenvalue weighted by Crippen LogP contribution is 2.23. The number of rotatable bonds is 9. The zero-order valence-electron chi connectivity index (χ0n) is 18.1. The highest BCUT2D eigenvalue weighted by atomic mass is 16.6. The Hall–Kier alpha value is -3.07. The first-order chi connectivity index (χ1) is 15.0. The van der Waals surface area contributed by atoms with Crippen LogP contribution in [0.15, 0.2) is 30.3 Å². The van der Waals surface area contributed by atoms with E-state index in [9.17, 15) is 14.9 Å². The second kappa shape index (κ2) is 10.8. The summed E-state index contributed by atoms with van der Waals surface area (Å²) in [7, 11) is 0. The zero-order valence-corrected chi connectivity index (χ0v) is 18.1. The summed E-state index contributed by atoms with van der Waals surface area (Å²) < 4.78 is 0. The largest absolute Gasteiger partial charge is 0.367 e. The van der Waals surface area contributed by atoms with E-state index in [1.165, 1.54) is 12.1 Å². The van der Waals surface area contributed by atoms with E-state index in [0.717, 1.165) is 62.4 Å². The summed E-state index contributed by atoms with van der Waals surface area (Å²) in [5.74, 6) is 1.41. The van der Waals surface area contributed by atoms with Gasteiger partial charge in [0.25, 0.3) is 5.69 Å². The van der Waals surface area contributed by atoms with E-state index in [1.54, 1.807) is 12.1 Å². The zero-order chi connectivity index (χ0) is 22.2. The molecular formula is C22H30N6O3. The average molecular weight is 427 g/mol. The van der Waals surface area contributed by atoms with Crippen molar-refractivity contribution in [1.29, 1.82) is 0 Å². The number of piperidine rings is 1. The van der Waals surface area contributed by atoms with Crippen LogP contribution in [0.1, 0.15) is 38.8 Å². The lowest BCUT2D eigenvalue weighted by atomic mass is 10.0. The third-order valence-corrected chi connectivity index (χ3v) is 5.36. The molecule has 0 bridgehead atoms. The summed E-state index contributed by atoms with van der Waals surface area (Å²) in [5.41, 5.74) is 1.71. The summed E-state index contributed by atoms with van der Waals surface area (Å²) >= 11 is 0. The molecule has 1 aliphatic heterocycles. The molecule has 0 atom stereocenters. The minimum absolute atomic E-state index is 0.0453. The number of nitro groups is 1. The first-order valence-corrected chi connectivity index (χ1v) is 10.9. The highest BCUT2D eigenvalue weighted by Gasteiger charge is 2.21. The number of aromatic nitrogens is 2. The molecule has 1 amide bonds. The van der Waals surface area contributed by atoms with Crippen LogP contribution in [-0.2, 0) is 11.2 Å². The molecule has 1 fully saturated rings. The molecule has 1 aliphatic rings. The van der Waals surface area contributed by atoms with Gasteiger partial charge in [0.2, 0.25) is 5.91 Å². The van der Waals surface area contributed by atoms with Crippen molar-refractivity contribution in [2.75, 3.05) is 31.5 Å². The molecular weight excluding hydrogens is 396 g/mol. The molecule has 1 aromatic heterocycles. The van der Waals surface area contributed by atoms with Crippen molar-refractivity contribution in [3.63, 3.8) is 0 Å². The van der Waals surface area contributed by atoms with E-state index in [4.69, 9.17) is 0 Å². The number of benzene rings is 1. The number of aryl methyl sites for hydroxylation is 1. The maximum absolute atomic E-state index is 11.9. The average Bonchev–Trinajstić information content (AvgIpc) is 2.78. The van der Waals surface area contributed by atoms with E-state index in [2.05, 4.69) is 25.5 Å². The monoisotopic (exact) mass is 426 g/mol. The molecule has 166 valence electrons. The molecule has 0 saturated carbocycles. The number of anilines is 1. The van der Waals surface area contributed by atoms with Crippen LogP contribution < -0.4 is 10.6 Å². The van der Waals surface area contributed by atoms with Crippen molar-refractivity contribution in [2.24, 2.45) is 0 Å². The van der Waals surface area contributed by atoms with E-state index in [1.807, 2.05) is 19.9 Å². The summed E-state index contributed by atoms with van der Waals surface area (Å²) in [5, 5.41) is 17.3. The van der Waals surface area contributed by atoms with Crippen molar-refractivity contribution in [3.8, 4) is 11.4 Å². The van der Waals surface area contributed by atoms with Gasteiger partial charge in [0, 0.05) is 55.1 Å². The van der Waals surface area contributed by atoms with Gasteiger partial charge < -0.3 is 10.6 Å². The fourth-order valence-corrected chi connectivity index (χ4v) is 3.58. The number of likely N-dealkylation sites (tertiary alicyclic amines) is 1. The van der Waals surface area contributed by atoms with Crippen LogP contribution in [0.3, 0.4) is 0 Å². The molecule has 2 N–H and O–H groups in total. The summed E-state index contributed by atoms with van der Waals surface area (Å²) in [6.07, 6.45) is 3.57. The van der Waals surface area contributed by atoms with Gasteiger partial charge in [-0.1, -0.05) is 13.8 Å². The molecule has 2 heterocycles. The van der Waals surface area contributed by atoms with Gasteiger partial charge in [0.05, 0.1) is 11.5 Å². The predicted molar refractivity (Wildman–Crippen MR) is 120 cm³/mol. The van der Waals surface area contributed by atoms with Gasteiger partial charge in [0.15, 0.2) is 5.82 Å². The first-order valence-electron chi connectivity index (χ1n) is 10.9. The Kier molecular flexibility index (Phi) is 7.88. The van der Waals surface area contributed by atoms with Gasteiger partial charge in [-0.2, -0.15) is 0 Å². The van der Waals surface area contributed by atoms with Crippen LogP contribution in [0, 0.1) is 10.1 Å². The maximum Gasteiger partial charge on any atom is 0.269 e. The molecule has 1 saturated heterocycles. The SMILES string of the molecule is CCCNC(=O)CN1CCC(Nc2cc(CC)nc(-c3ccc([N+](=O)[O-])cc3)n2)CC1. The van der Waals surface area contributed by atoms with Gasteiger partial charge in [0.1, 0.15) is 5.82 Å². The number of hydrogen-bond acceptors (Lipinski definition) is 7. The smallest absolute Gasteiger partial charge is 0.269 e. The molecule has 9 heteroatoms. The van der Waals surface area contributed by atoms with Crippen molar-refractivity contribution in [2.45, 2.75) is 45.6 Å². The van der Waals surface area contributed by atoms with Crippen LogP contribution in [0.4, 0.5) is 11.5 Å². The number of nitro benzene ring substituents is 1. The fraction of sp³-hybridized carbons (Fsp3) is 0.500. The third-order valence-electron chi connectivity index (χ3n) is 5.36. The molecule has 0 radical (unpaired) electrons. The van der Waals surface area contributed by atoms with Crippen LogP contribution in [0.2, 0.25) is 0 Å². The van der Waals surface area contributed by atoms with Gasteiger partial charge in [-0.05, 0) is 37.8 Å². The fourth-order valence-electron chi connectivity index (χ4n) is 3.58. The van der Waals surface area contributed by atoms with E-state index in [0.29, 0.717) is 12.4 Å². The number of non-ortho nitro benzene ring substituents is 1. The van der Waals surface area contributed by atoms with Crippen molar-refractivity contribution in [1.82, 2.24) is 20.2 Å². The number of amides is 1. The minimum Gasteiger partial charge on any atom is -0.367 e. The van der Waals surface area contributed by atoms with Crippen LogP contribution in [0.5, 0.6) is 0 Å². The van der Waals surface area contributed by atoms with Crippen LogP contribution in [0.25, 0.3) is 11.4 Å². The van der Waals surface area contributed by atoms with E-state index >= 15 is 0 Å². The number of carbonyl (C=O) groups excluding carboxylic acids is 1. The molecule has 9 nitrogen and oxygen atoms in total. The molecule has 1 aromatic carbocycles. The Morgan fingerprint density at radius 2 is 1.90 bits per heavy atom. The topological polar surface area (TPSA) is 113 Å². The lowest BCUT2D eigenvalue weighted by molar-refractivity contribution is -0.384. The van der Waals surface area contributed by atoms with Crippen LogP contribution in [-0.4, -0.2) is 57.9 Å². The Bertz CT molecular complexity index is 895. The summed E-state index contributed by atoms with van der Waals surface area (Å²) in [6.45, 7) is 6.97. The van der Waals surface area contributed by atoms with Crippen molar-refractivity contribution < 1.29 is 9.72 Å². The van der Waals surface area contributed by atoms with Gasteiger partial charge in [-0.15, -0.1) is 0 Å². The second-order valence-electron chi connectivity index (χ2n) is 7.77. The maximum atomic E-state index is 11.9. The molecule has 2 aromatic rings. The molecule has 0 aliphatic carbocycles. The minimum atomic E-state index is -0.417. The summed E-state index contributed by atoms with van der Waals surface area (Å²) in [6, 6.07) is 8.53. The van der Waals surface area contributed by atoms with Gasteiger partial charge in [-0.3, -0.25) is 19.8 Å². The first kappa shape index (κ1) is 22.6. The lowest BCUT2D eigenvalue weighted by Crippen LogP contribution is -2.44. The Morgan fingerprint density at radius 3 is 2.52 bits per heavy atom. The summed E-state index contributed by atoms with van der Waals surface area (Å²) in [4.78, 5) is 33.8. The molecule has 3 rings (SSSR count). The number of nitrogens with one attached hydrogen (secondary N) is 2. The molecule has 31 heavy (non-hydrogen) atoms. The standard InChI is InChI=1S/C22H30N6O3/c1-3-11-23-21(29)15-27-12-9-18(10-13-27)24-20-14-17(4-2)25-22(26-20)16-5-7-19(8-6-16)28(30)31/h5-8,14,18H,3-4,9-13,15H2,1-2H3,(H,23,29)(H,24,25,26). The molecule has 0 unspecified atom stereocenters. The van der Waals surface area contributed by atoms with Crippen molar-refractivity contribution in [3.05, 3.63) is 46.1 Å². The Labute approximate surface area is 182 Å². The Morgan fingerprint density at radius 1 is 1.19 bits per heavy atom. The number of carbonyl (C=O) groups is 1. The third kappa shape index (κ3) is 6.45. The molecule has 0 spiro atoms. The predicted octanol–water partition coefficient (Wildman–Crippen LogP) is 3.02. The number of hydrogen-bond donors (Lipinski definition) is 2. The van der Waals surface area contributed by atoms with E-state index < -0.39 is 4.92 Å². The van der Waals surface area contributed by atoms with Crippen LogP contribution >= 0.6 is 0 Å². The second-order valence-corrected chi connectivity index (χ2v) is 7.77. The highest BCUT2D eigenvalue weighted by molar-refractivity contribution is 5.78. The van der Waals surface area contributed by atoms with Crippen molar-refractivity contribution >= 4 is 17.4 Å². The van der Waals surface area contributed by atoms with Gasteiger partial charge >= 0.3 is 0 Å². The normalized spacial score (nSPS) is 14.9.